The van der Waals surface area contributed by atoms with Crippen molar-refractivity contribution >= 4 is 17.4 Å². The third-order valence-electron chi connectivity index (χ3n) is 5.65. The van der Waals surface area contributed by atoms with Crippen molar-refractivity contribution in [2.45, 2.75) is 12.5 Å². The molecule has 33 heavy (non-hydrogen) atoms. The molecule has 8 heteroatoms. The first-order chi connectivity index (χ1) is 16.0. The molecule has 6 nitrogen and oxygen atoms in total. The number of halogens is 2. The fourth-order valence-electron chi connectivity index (χ4n) is 3.91. The molecule has 1 aliphatic rings. The number of nitrogens with zero attached hydrogens (tertiary/aromatic N) is 3. The molecule has 1 N–H and O–H groups in total. The van der Waals surface area contributed by atoms with Gasteiger partial charge in [0.2, 0.25) is 0 Å². The van der Waals surface area contributed by atoms with Crippen LogP contribution in [-0.2, 0) is 0 Å². The third kappa shape index (κ3) is 4.96. The molecule has 172 valence electrons. The van der Waals surface area contributed by atoms with Crippen LogP contribution in [0.4, 0.5) is 20.3 Å². The average molecular weight is 453 g/mol. The predicted molar refractivity (Wildman–Crippen MR) is 124 cm³/mol. The smallest absolute Gasteiger partial charge is 0.262 e. The summed E-state index contributed by atoms with van der Waals surface area (Å²) in [5.41, 5.74) is 1.23. The van der Waals surface area contributed by atoms with E-state index in [9.17, 15) is 13.6 Å². The summed E-state index contributed by atoms with van der Waals surface area (Å²) in [4.78, 5) is 20.9. The van der Waals surface area contributed by atoms with Crippen molar-refractivity contribution in [1.29, 1.82) is 0 Å². The van der Waals surface area contributed by atoms with Crippen LogP contribution in [0.2, 0.25) is 0 Å². The number of likely N-dealkylation sites (N-methyl/N-ethyl adjacent to an activating group) is 1. The first-order valence-electron chi connectivity index (χ1n) is 10.8. The number of amides is 1. The fourth-order valence-corrected chi connectivity index (χ4v) is 3.91. The van der Waals surface area contributed by atoms with Crippen molar-refractivity contribution in [3.63, 3.8) is 0 Å². The molecule has 4 rings (SSSR count). The van der Waals surface area contributed by atoms with Crippen LogP contribution in [0.25, 0.3) is 0 Å². The molecule has 0 aliphatic carbocycles. The van der Waals surface area contributed by atoms with Gasteiger partial charge in [-0.3, -0.25) is 4.79 Å². The highest BCUT2D eigenvalue weighted by Crippen LogP contribution is 2.32. The van der Waals surface area contributed by atoms with Gasteiger partial charge in [-0.05, 0) is 55.6 Å². The van der Waals surface area contributed by atoms with Crippen LogP contribution < -0.4 is 19.9 Å². The van der Waals surface area contributed by atoms with Crippen molar-refractivity contribution in [1.82, 2.24) is 10.3 Å². The number of carbonyl (C=O) groups excluding carboxylic acids is 1. The second-order valence-corrected chi connectivity index (χ2v) is 7.92. The van der Waals surface area contributed by atoms with E-state index in [0.717, 1.165) is 0 Å². The van der Waals surface area contributed by atoms with Crippen LogP contribution in [0.3, 0.4) is 0 Å². The normalized spacial score (nSPS) is 14.6. The zero-order valence-corrected chi connectivity index (χ0v) is 18.6. The second kappa shape index (κ2) is 9.95. The predicted octanol–water partition coefficient (Wildman–Crippen LogP) is 4.19. The minimum Gasteiger partial charge on any atom is -0.486 e. The van der Waals surface area contributed by atoms with E-state index in [4.69, 9.17) is 4.74 Å². The zero-order chi connectivity index (χ0) is 23.4. The summed E-state index contributed by atoms with van der Waals surface area (Å²) in [5.74, 6) is -0.236. The molecule has 1 aromatic heterocycles. The van der Waals surface area contributed by atoms with Crippen molar-refractivity contribution in [2.24, 2.45) is 0 Å². The number of nitrogens with one attached hydrogen (secondary N) is 1. The molecule has 2 heterocycles. The number of hydrogen-bond acceptors (Lipinski definition) is 5. The maximum absolute atomic E-state index is 14.9. The Kier molecular flexibility index (Phi) is 6.84. The number of rotatable bonds is 7. The van der Waals surface area contributed by atoms with Gasteiger partial charge in [0.25, 0.3) is 5.91 Å². The number of pyridine rings is 1. The first-order valence-corrected chi connectivity index (χ1v) is 10.8. The van der Waals surface area contributed by atoms with Gasteiger partial charge >= 0.3 is 0 Å². The van der Waals surface area contributed by atoms with Gasteiger partial charge in [0.05, 0.1) is 11.3 Å². The van der Waals surface area contributed by atoms with Crippen molar-refractivity contribution in [2.75, 3.05) is 43.5 Å². The van der Waals surface area contributed by atoms with Crippen LogP contribution in [0.1, 0.15) is 28.4 Å². The number of ether oxygens (including phenoxy) is 1. The van der Waals surface area contributed by atoms with Gasteiger partial charge in [-0.1, -0.05) is 12.1 Å². The van der Waals surface area contributed by atoms with Gasteiger partial charge in [0.15, 0.2) is 0 Å². The summed E-state index contributed by atoms with van der Waals surface area (Å²) in [7, 11) is 3.68. The van der Waals surface area contributed by atoms with Gasteiger partial charge in [-0.15, -0.1) is 0 Å². The monoisotopic (exact) mass is 452 g/mol. The molecular formula is C25H26F2N4O2. The van der Waals surface area contributed by atoms with E-state index >= 15 is 0 Å². The fraction of sp³-hybridized carbons (Fsp3) is 0.280. The lowest BCUT2D eigenvalue weighted by atomic mass is 10.1. The lowest BCUT2D eigenvalue weighted by Crippen LogP contribution is -2.34. The van der Waals surface area contributed by atoms with Gasteiger partial charge in [-0.2, -0.15) is 0 Å². The van der Waals surface area contributed by atoms with Crippen molar-refractivity contribution < 1.29 is 18.3 Å². The Bertz CT molecular complexity index is 1140. The molecule has 2 aromatic carbocycles. The van der Waals surface area contributed by atoms with E-state index < -0.39 is 11.9 Å². The molecule has 0 spiro atoms. The second-order valence-electron chi connectivity index (χ2n) is 7.92. The van der Waals surface area contributed by atoms with E-state index in [1.54, 1.807) is 30.5 Å². The van der Waals surface area contributed by atoms with Crippen LogP contribution in [-0.4, -0.2) is 44.6 Å². The van der Waals surface area contributed by atoms with Crippen molar-refractivity contribution in [3.05, 3.63) is 83.6 Å². The zero-order valence-electron chi connectivity index (χ0n) is 18.6. The summed E-state index contributed by atoms with van der Waals surface area (Å²) >= 11 is 0. The molecule has 3 aromatic rings. The molecule has 1 amide bonds. The highest BCUT2D eigenvalue weighted by atomic mass is 19.1. The average Bonchev–Trinajstić information content (AvgIpc) is 2.94. The van der Waals surface area contributed by atoms with Crippen LogP contribution in [0, 0.1) is 11.6 Å². The standard InChI is InChI=1S/C25H26F2N4O2/c1-28-12-10-23(17-5-3-6-18(26)15-17)33-19-8-9-21(27)22(16-19)31-14-13-30(2)24-20(25(31)32)7-4-11-29-24/h3-9,11,15-16,23,28H,10,12-14H2,1-2H3. The maximum Gasteiger partial charge on any atom is 0.262 e. The largest absolute Gasteiger partial charge is 0.486 e. The number of benzene rings is 2. The maximum atomic E-state index is 14.9. The first kappa shape index (κ1) is 22.7. The molecule has 0 bridgehead atoms. The number of aromatic nitrogens is 1. The van der Waals surface area contributed by atoms with E-state index in [0.29, 0.717) is 48.7 Å². The van der Waals surface area contributed by atoms with E-state index in [-0.39, 0.29) is 17.4 Å². The van der Waals surface area contributed by atoms with Gasteiger partial charge < -0.3 is 19.9 Å². The minimum absolute atomic E-state index is 0.134. The molecule has 0 fully saturated rings. The Balaban J connectivity index is 1.65. The lowest BCUT2D eigenvalue weighted by Gasteiger charge is -2.24. The van der Waals surface area contributed by atoms with Crippen LogP contribution >= 0.6 is 0 Å². The number of carbonyl (C=O) groups is 1. The summed E-state index contributed by atoms with van der Waals surface area (Å²) in [6.07, 6.45) is 1.77. The quantitative estimate of drug-likeness (QED) is 0.583. The Labute approximate surface area is 191 Å². The highest BCUT2D eigenvalue weighted by molar-refractivity contribution is 6.09. The third-order valence-corrected chi connectivity index (χ3v) is 5.65. The number of hydrogen-bond donors (Lipinski definition) is 1. The van der Waals surface area contributed by atoms with Gasteiger partial charge in [0, 0.05) is 38.8 Å². The Hall–Kier alpha value is -3.52. The molecular weight excluding hydrogens is 426 g/mol. The highest BCUT2D eigenvalue weighted by Gasteiger charge is 2.28. The molecule has 1 unspecified atom stereocenters. The van der Waals surface area contributed by atoms with E-state index in [1.807, 2.05) is 19.0 Å². The van der Waals surface area contributed by atoms with Crippen LogP contribution in [0.5, 0.6) is 5.75 Å². The Morgan fingerprint density at radius 2 is 1.97 bits per heavy atom. The van der Waals surface area contributed by atoms with Gasteiger partial charge in [0.1, 0.15) is 29.3 Å². The summed E-state index contributed by atoms with van der Waals surface area (Å²) in [5, 5.41) is 3.07. The van der Waals surface area contributed by atoms with Crippen LogP contribution in [0.15, 0.2) is 60.8 Å². The number of anilines is 2. The molecule has 0 saturated heterocycles. The molecule has 0 saturated carbocycles. The number of fused-ring (bicyclic) bond motifs is 1. The lowest BCUT2D eigenvalue weighted by molar-refractivity contribution is 0.0989. The summed E-state index contributed by atoms with van der Waals surface area (Å²) < 4.78 is 34.9. The topological polar surface area (TPSA) is 57.7 Å². The molecule has 0 radical (unpaired) electrons. The van der Waals surface area contributed by atoms with Gasteiger partial charge in [-0.25, -0.2) is 13.8 Å². The Morgan fingerprint density at radius 1 is 1.12 bits per heavy atom. The minimum atomic E-state index is -0.525. The summed E-state index contributed by atoms with van der Waals surface area (Å²) in [6.45, 7) is 1.43. The SMILES string of the molecule is CNCCC(Oc1ccc(F)c(N2CCN(C)c3ncccc3C2=O)c1)c1cccc(F)c1. The molecule has 1 atom stereocenters. The summed E-state index contributed by atoms with van der Waals surface area (Å²) in [6, 6.07) is 14.0. The van der Waals surface area contributed by atoms with E-state index in [2.05, 4.69) is 10.3 Å². The molecule has 1 aliphatic heterocycles. The van der Waals surface area contributed by atoms with E-state index in [1.165, 1.54) is 35.2 Å². The van der Waals surface area contributed by atoms with Crippen molar-refractivity contribution in [3.8, 4) is 5.75 Å². The Morgan fingerprint density at radius 3 is 2.76 bits per heavy atom.